The molecular formula is C27H43NO3. The molecule has 0 amide bonds. The first-order chi connectivity index (χ1) is 14.9. The second-order valence-electron chi connectivity index (χ2n) is 9.77. The fourth-order valence-corrected chi connectivity index (χ4v) is 3.98. The first-order valence-corrected chi connectivity index (χ1v) is 12.3. The van der Waals surface area contributed by atoms with Crippen molar-refractivity contribution in [3.05, 3.63) is 36.0 Å². The van der Waals surface area contributed by atoms with Gasteiger partial charge in [0.25, 0.3) is 0 Å². The number of fused-ring (bicyclic) bond motifs is 1. The lowest BCUT2D eigenvalue weighted by atomic mass is 9.89. The highest BCUT2D eigenvalue weighted by Crippen LogP contribution is 2.23. The van der Waals surface area contributed by atoms with Gasteiger partial charge in [-0.05, 0) is 37.3 Å². The van der Waals surface area contributed by atoms with Crippen LogP contribution >= 0.6 is 0 Å². The second-order valence-corrected chi connectivity index (χ2v) is 9.77. The van der Waals surface area contributed by atoms with Crippen molar-refractivity contribution in [2.24, 2.45) is 5.41 Å². The second kappa shape index (κ2) is 13.6. The summed E-state index contributed by atoms with van der Waals surface area (Å²) in [5, 5.41) is 1.03. The van der Waals surface area contributed by atoms with Gasteiger partial charge >= 0.3 is 5.97 Å². The standard InChI is InChI=1S/C27H43NO3/c1-5-31-26(29)25-21-23-17-13-14-18-24(23)28(25)22-30-20-16-12-10-8-6-7-9-11-15-19-27(2,3)4/h13-14,17-18,21H,5-12,15-16,19-20,22H2,1-4H3. The summed E-state index contributed by atoms with van der Waals surface area (Å²) in [7, 11) is 0. The molecule has 0 aliphatic heterocycles. The van der Waals surface area contributed by atoms with Crippen LogP contribution in [0.1, 0.15) is 102 Å². The predicted octanol–water partition coefficient (Wildman–Crippen LogP) is 7.74. The first-order valence-electron chi connectivity index (χ1n) is 12.3. The summed E-state index contributed by atoms with van der Waals surface area (Å²) in [6, 6.07) is 9.89. The molecule has 1 aromatic carbocycles. The van der Waals surface area contributed by atoms with Gasteiger partial charge in [-0.25, -0.2) is 4.79 Å². The Labute approximate surface area is 189 Å². The molecule has 0 saturated carbocycles. The van der Waals surface area contributed by atoms with Crippen molar-refractivity contribution in [2.45, 2.75) is 98.6 Å². The molecule has 0 aliphatic carbocycles. The molecule has 0 bridgehead atoms. The van der Waals surface area contributed by atoms with Crippen LogP contribution < -0.4 is 0 Å². The first kappa shape index (κ1) is 25.5. The molecule has 2 rings (SSSR count). The lowest BCUT2D eigenvalue weighted by Gasteiger charge is -2.17. The zero-order valence-electron chi connectivity index (χ0n) is 20.3. The van der Waals surface area contributed by atoms with Gasteiger partial charge in [-0.3, -0.25) is 0 Å². The lowest BCUT2D eigenvalue weighted by molar-refractivity contribution is 0.0464. The molecule has 0 atom stereocenters. The van der Waals surface area contributed by atoms with Crippen molar-refractivity contribution in [3.63, 3.8) is 0 Å². The van der Waals surface area contributed by atoms with Crippen molar-refractivity contribution in [1.82, 2.24) is 4.57 Å². The third-order valence-electron chi connectivity index (χ3n) is 5.73. The molecule has 0 unspecified atom stereocenters. The molecule has 0 radical (unpaired) electrons. The molecule has 0 fully saturated rings. The SMILES string of the molecule is CCOC(=O)c1cc2ccccc2n1COCCCCCCCCCCCC(C)(C)C. The summed E-state index contributed by atoms with van der Waals surface area (Å²) >= 11 is 0. The van der Waals surface area contributed by atoms with Crippen LogP contribution in [0.5, 0.6) is 0 Å². The normalized spacial score (nSPS) is 11.9. The minimum absolute atomic E-state index is 0.291. The fourth-order valence-electron chi connectivity index (χ4n) is 3.98. The molecule has 2 aromatic rings. The molecule has 174 valence electrons. The molecule has 1 heterocycles. The number of hydrogen-bond donors (Lipinski definition) is 0. The van der Waals surface area contributed by atoms with Crippen LogP contribution in [0.4, 0.5) is 0 Å². The third kappa shape index (κ3) is 9.47. The van der Waals surface area contributed by atoms with Crippen molar-refractivity contribution >= 4 is 16.9 Å². The Morgan fingerprint density at radius 2 is 1.52 bits per heavy atom. The fraction of sp³-hybridized carbons (Fsp3) is 0.667. The zero-order valence-corrected chi connectivity index (χ0v) is 20.3. The van der Waals surface area contributed by atoms with Crippen LogP contribution in [0.2, 0.25) is 0 Å². The highest BCUT2D eigenvalue weighted by molar-refractivity contribution is 5.95. The largest absolute Gasteiger partial charge is 0.461 e. The summed E-state index contributed by atoms with van der Waals surface area (Å²) in [5.74, 6) is -0.291. The van der Waals surface area contributed by atoms with Gasteiger partial charge in [-0.1, -0.05) is 90.3 Å². The maximum absolute atomic E-state index is 12.3. The smallest absolute Gasteiger partial charge is 0.355 e. The van der Waals surface area contributed by atoms with Gasteiger partial charge in [0, 0.05) is 12.0 Å². The molecule has 0 saturated heterocycles. The number of esters is 1. The number of carbonyl (C=O) groups is 1. The summed E-state index contributed by atoms with van der Waals surface area (Å²) < 4.78 is 13.0. The van der Waals surface area contributed by atoms with Gasteiger partial charge in [0.15, 0.2) is 0 Å². The van der Waals surface area contributed by atoms with E-state index >= 15 is 0 Å². The summed E-state index contributed by atoms with van der Waals surface area (Å²) in [5.41, 5.74) is 2.05. The van der Waals surface area contributed by atoms with Crippen LogP contribution in [0.3, 0.4) is 0 Å². The average molecular weight is 430 g/mol. The van der Waals surface area contributed by atoms with Gasteiger partial charge in [-0.2, -0.15) is 0 Å². The average Bonchev–Trinajstić information content (AvgIpc) is 3.09. The third-order valence-corrected chi connectivity index (χ3v) is 5.73. The molecular weight excluding hydrogens is 386 g/mol. The predicted molar refractivity (Wildman–Crippen MR) is 129 cm³/mol. The molecule has 31 heavy (non-hydrogen) atoms. The van der Waals surface area contributed by atoms with E-state index in [0.717, 1.165) is 23.9 Å². The van der Waals surface area contributed by atoms with E-state index in [2.05, 4.69) is 20.8 Å². The van der Waals surface area contributed by atoms with Crippen LogP contribution in [0.25, 0.3) is 10.9 Å². The number of unbranched alkanes of at least 4 members (excludes halogenated alkanes) is 8. The van der Waals surface area contributed by atoms with Gasteiger partial charge in [0.1, 0.15) is 12.4 Å². The topological polar surface area (TPSA) is 40.5 Å². The Balaban J connectivity index is 1.58. The molecule has 4 nitrogen and oxygen atoms in total. The number of benzene rings is 1. The number of para-hydroxylation sites is 1. The van der Waals surface area contributed by atoms with Gasteiger partial charge in [0.05, 0.1) is 12.1 Å². The van der Waals surface area contributed by atoms with Crippen molar-refractivity contribution < 1.29 is 14.3 Å². The maximum Gasteiger partial charge on any atom is 0.355 e. The van der Waals surface area contributed by atoms with E-state index in [-0.39, 0.29) is 5.97 Å². The number of hydrogen-bond acceptors (Lipinski definition) is 3. The number of nitrogens with zero attached hydrogens (tertiary/aromatic N) is 1. The van der Waals surface area contributed by atoms with E-state index in [0.29, 0.717) is 24.4 Å². The summed E-state index contributed by atoms with van der Waals surface area (Å²) in [6.45, 7) is 10.3. The maximum atomic E-state index is 12.3. The van der Waals surface area contributed by atoms with E-state index in [1.807, 2.05) is 41.8 Å². The highest BCUT2D eigenvalue weighted by Gasteiger charge is 2.16. The van der Waals surface area contributed by atoms with E-state index in [1.165, 1.54) is 57.8 Å². The Kier molecular flexibility index (Phi) is 11.1. The van der Waals surface area contributed by atoms with Crippen LogP contribution in [0.15, 0.2) is 30.3 Å². The molecule has 0 aliphatic rings. The zero-order chi connectivity index (χ0) is 22.5. The number of carbonyl (C=O) groups excluding carboxylic acids is 1. The number of ether oxygens (including phenoxy) is 2. The Bertz CT molecular complexity index is 772. The Hall–Kier alpha value is -1.81. The Morgan fingerprint density at radius 3 is 2.16 bits per heavy atom. The summed E-state index contributed by atoms with van der Waals surface area (Å²) in [4.78, 5) is 12.3. The van der Waals surface area contributed by atoms with E-state index in [4.69, 9.17) is 9.47 Å². The van der Waals surface area contributed by atoms with Crippen LogP contribution in [-0.4, -0.2) is 23.8 Å². The quantitative estimate of drug-likeness (QED) is 0.215. The van der Waals surface area contributed by atoms with Crippen molar-refractivity contribution in [2.75, 3.05) is 13.2 Å². The lowest BCUT2D eigenvalue weighted by Crippen LogP contribution is -2.14. The van der Waals surface area contributed by atoms with Gasteiger partial charge in [-0.15, -0.1) is 0 Å². The number of aromatic nitrogens is 1. The summed E-state index contributed by atoms with van der Waals surface area (Å²) in [6.07, 6.45) is 13.1. The van der Waals surface area contributed by atoms with Crippen molar-refractivity contribution in [1.29, 1.82) is 0 Å². The molecule has 0 N–H and O–H groups in total. The van der Waals surface area contributed by atoms with Crippen molar-refractivity contribution in [3.8, 4) is 0 Å². The van der Waals surface area contributed by atoms with E-state index in [1.54, 1.807) is 0 Å². The highest BCUT2D eigenvalue weighted by atomic mass is 16.5. The minimum atomic E-state index is -0.291. The molecule has 0 spiro atoms. The minimum Gasteiger partial charge on any atom is -0.461 e. The van der Waals surface area contributed by atoms with E-state index in [9.17, 15) is 4.79 Å². The molecule has 4 heteroatoms. The van der Waals surface area contributed by atoms with Gasteiger partial charge in [0.2, 0.25) is 0 Å². The van der Waals surface area contributed by atoms with E-state index < -0.39 is 0 Å². The Morgan fingerprint density at radius 1 is 0.903 bits per heavy atom. The van der Waals surface area contributed by atoms with Crippen LogP contribution in [0, 0.1) is 5.41 Å². The monoisotopic (exact) mass is 429 g/mol. The molecule has 1 aromatic heterocycles. The number of rotatable bonds is 15. The van der Waals surface area contributed by atoms with Crippen LogP contribution in [-0.2, 0) is 16.2 Å². The van der Waals surface area contributed by atoms with Gasteiger partial charge < -0.3 is 14.0 Å².